The van der Waals surface area contributed by atoms with Crippen molar-refractivity contribution < 1.29 is 131 Å². The second-order valence-corrected chi connectivity index (χ2v) is 32.6. The number of carboxylic acid groups (broad SMARTS) is 6. The second-order valence-electron chi connectivity index (χ2n) is 29.9. The first-order chi connectivity index (χ1) is 67.1. The molecule has 140 heavy (non-hydrogen) atoms. The van der Waals surface area contributed by atoms with Crippen molar-refractivity contribution in [3.8, 4) is 5.75 Å². The van der Waals surface area contributed by atoms with Crippen LogP contribution in [0.2, 0.25) is 5.02 Å². The van der Waals surface area contributed by atoms with E-state index in [1.165, 1.54) is 50.0 Å². The Kier molecular flexibility index (Phi) is 51.6. The van der Waals surface area contributed by atoms with Crippen molar-refractivity contribution in [2.24, 2.45) is 11.8 Å². The average Bonchev–Trinajstić information content (AvgIpc) is 0.820. The Morgan fingerprint density at radius 1 is 0.364 bits per heavy atom. The minimum Gasteiger partial charge on any atom is -0.480 e. The monoisotopic (exact) mass is 2010 g/mol. The van der Waals surface area contributed by atoms with Crippen LogP contribution in [0.4, 0.5) is 56.9 Å². The molecular weight excluding hydrogens is 1900 g/mol. The van der Waals surface area contributed by atoms with E-state index in [1.54, 1.807) is 181 Å². The number of nitrogens with two attached hydrogens (primary N) is 2. The van der Waals surface area contributed by atoms with Crippen molar-refractivity contribution >= 4 is 182 Å². The number of aliphatic carboxylic acids is 6. The lowest BCUT2D eigenvalue weighted by Gasteiger charge is -2.30. The molecule has 0 unspecified atom stereocenters. The molecule has 11 rings (SSSR count). The number of aryl methyl sites for hydroxylation is 1. The van der Waals surface area contributed by atoms with Gasteiger partial charge in [-0.25, -0.2) is 5.26 Å². The fourth-order valence-electron chi connectivity index (χ4n) is 12.6. The summed E-state index contributed by atoms with van der Waals surface area (Å²) in [6.07, 6.45) is 3.24. The molecule has 1 fully saturated rings. The number of esters is 1. The summed E-state index contributed by atoms with van der Waals surface area (Å²) >= 11 is 8.54. The summed E-state index contributed by atoms with van der Waals surface area (Å²) in [5.41, 5.74) is 6.81. The van der Waals surface area contributed by atoms with Crippen LogP contribution in [0.3, 0.4) is 0 Å². The predicted molar refractivity (Wildman–Crippen MR) is 528 cm³/mol. The number of ether oxygens (including phenoxy) is 1. The summed E-state index contributed by atoms with van der Waals surface area (Å²) in [5.74, 6) is 1.33. The number of carbonyl (C=O) groups is 13. The molecule has 1 aliphatic rings. The van der Waals surface area contributed by atoms with Gasteiger partial charge in [0.05, 0.1) is 81.1 Å². The first-order valence-corrected chi connectivity index (χ1v) is 45.0. The van der Waals surface area contributed by atoms with Gasteiger partial charge < -0.3 is 96.3 Å². The van der Waals surface area contributed by atoms with Gasteiger partial charge in [-0.15, -0.1) is 23.0 Å². The van der Waals surface area contributed by atoms with Crippen LogP contribution < -0.4 is 72.5 Å². The maximum atomic E-state index is 12.4. The molecule has 1 saturated heterocycles. The summed E-state index contributed by atoms with van der Waals surface area (Å²) in [4.78, 5) is 171. The summed E-state index contributed by atoms with van der Waals surface area (Å²) < 4.78 is 18.6. The highest BCUT2D eigenvalue weighted by Gasteiger charge is 2.26. The van der Waals surface area contributed by atoms with Crippen molar-refractivity contribution in [2.45, 2.75) is 67.7 Å². The lowest BCUT2D eigenvalue weighted by molar-refractivity contribution is -0.432. The molecule has 0 aromatic heterocycles. The zero-order valence-corrected chi connectivity index (χ0v) is 79.4. The smallest absolute Gasteiger partial charge is 0.323 e. The van der Waals surface area contributed by atoms with E-state index < -0.39 is 54.2 Å². The maximum absolute atomic E-state index is 12.4. The molecule has 0 saturated carbocycles. The van der Waals surface area contributed by atoms with Crippen LogP contribution in [-0.4, -0.2) is 216 Å². The molecule has 744 valence electrons. The van der Waals surface area contributed by atoms with Crippen LogP contribution in [0.25, 0.3) is 0 Å². The van der Waals surface area contributed by atoms with Crippen molar-refractivity contribution in [1.82, 2.24) is 10.2 Å². The molecule has 16 N–H and O–H groups in total. The van der Waals surface area contributed by atoms with Crippen molar-refractivity contribution in [3.63, 3.8) is 0 Å². The Hall–Kier alpha value is -14.9. The summed E-state index contributed by atoms with van der Waals surface area (Å²) in [5, 5.41) is 80.1. The number of carbonyl (C=O) groups excluding carboxylic acids is 7. The first kappa shape index (κ1) is 114. The number of amides is 6. The van der Waals surface area contributed by atoms with E-state index in [0.29, 0.717) is 59.5 Å². The Morgan fingerprint density at radius 2 is 0.664 bits per heavy atom. The molecule has 10 aromatic rings. The predicted octanol–water partition coefficient (Wildman–Crippen LogP) is 12.5. The van der Waals surface area contributed by atoms with Crippen molar-refractivity contribution in [1.29, 1.82) is 0 Å². The van der Waals surface area contributed by atoms with E-state index in [0.717, 1.165) is 79.0 Å². The highest BCUT2D eigenvalue weighted by molar-refractivity contribution is 7.95. The number of halogens is 1. The van der Waals surface area contributed by atoms with Crippen LogP contribution in [0.15, 0.2) is 282 Å². The molecule has 0 spiro atoms. The Bertz CT molecular complexity index is 5440. The van der Waals surface area contributed by atoms with Gasteiger partial charge in [0.25, 0.3) is 0 Å². The third-order valence-corrected chi connectivity index (χ3v) is 20.7. The van der Waals surface area contributed by atoms with Gasteiger partial charge in [0, 0.05) is 97.0 Å². The number of nitrogens with one attached hydrogen (secondary N) is 5. The lowest BCUT2D eigenvalue weighted by atomic mass is 10.1. The van der Waals surface area contributed by atoms with Gasteiger partial charge in [-0.3, -0.25) is 62.3 Å². The second kappa shape index (κ2) is 63.5. The van der Waals surface area contributed by atoms with Crippen LogP contribution in [0, 0.1) is 6.92 Å². The largest absolute Gasteiger partial charge is 0.480 e. The van der Waals surface area contributed by atoms with Gasteiger partial charge >= 0.3 is 41.8 Å². The molecule has 0 aliphatic carbocycles. The number of rotatable bonds is 45. The molecule has 10 aromatic carbocycles. The topological polar surface area (TPSA) is 563 Å². The van der Waals surface area contributed by atoms with E-state index in [4.69, 9.17) is 58.9 Å². The van der Waals surface area contributed by atoms with Crippen LogP contribution >= 0.6 is 47.7 Å². The number of para-hydroxylation sites is 6. The minimum absolute atomic E-state index is 0.00908. The van der Waals surface area contributed by atoms with E-state index in [-0.39, 0.29) is 119 Å². The Morgan fingerprint density at radius 3 is 1.00 bits per heavy atom. The number of carboxylic acids is 6. The molecule has 6 amide bonds. The van der Waals surface area contributed by atoms with Crippen LogP contribution in [0.5, 0.6) is 5.75 Å². The van der Waals surface area contributed by atoms with Gasteiger partial charge in [0.2, 0.25) is 35.4 Å². The van der Waals surface area contributed by atoms with Crippen molar-refractivity contribution in [3.05, 3.63) is 278 Å². The Labute approximate surface area is 823 Å². The zero-order chi connectivity index (χ0) is 102. The maximum Gasteiger partial charge on any atom is 0.323 e. The van der Waals surface area contributed by atoms with E-state index in [2.05, 4.69) is 54.6 Å². The number of hydrogen-bond acceptors (Lipinski definition) is 32. The summed E-state index contributed by atoms with van der Waals surface area (Å²) in [6, 6.07) is 76.8. The van der Waals surface area contributed by atoms with Crippen LogP contribution in [-0.2, 0) is 90.3 Å². The molecular formula is C95H107ClN14O27S3. The number of hydrogen-bond donors (Lipinski definition) is 14. The number of benzene rings is 10. The standard InChI is InChI=1S/C18H19N3O7S.C17H17ClN2O3.C16H17N3O5S.C16H16N2O6S.C15H20N2O3.C13H18N2O3/c1-12(22)26-16-8-7-14(29-28-27-19)9-15(16)21(11-18(24)25)10-17(23)20-13-5-3-2-4-6-13;1-12-7-8-14(9-15(12)18)20(11-17(22)23)10-16(21)19-13-5-3-2-4-6-13;17-23-24-25-14-8-6-13(7-9-14)19(11-16(21)22)10-15(20)18-12-4-2-1-3-5-12;19-15(17-12-4-2-1-3-5-12)10-18(11-16(20)21)13-6-8-14(9-7-13)25-24-23-22;18-14(16-9-5-2-6-10-16)11-17(12-15(19)20)13-7-3-1-4-8-13;1-10(2)14-12(16)8-15(9-13(17)18)11-6-4-3-5-7-11/h2-9H,10-11,19H2,1H3,(H,20,23)(H,24,25);2-9H,10-11H2,1H3,(H,19,21)(H,22,23);1-9H,10-11,17H2,(H,18,20)(H,21,22);1-9,22H,10-11H2,(H,17,19)(H,20,21);1,3-4,7-8H,2,5-6,9-12H2,(H,19,20);3-7,10H,8-9H2,1-2H3,(H,14,16)(H,17,18). The van der Waals surface area contributed by atoms with Gasteiger partial charge in [0.1, 0.15) is 39.3 Å². The fraction of sp³-hybridized carbons (Fsp3) is 0.232. The highest BCUT2D eigenvalue weighted by atomic mass is 35.5. The summed E-state index contributed by atoms with van der Waals surface area (Å²) in [7, 11) is 0. The molecule has 0 bridgehead atoms. The highest BCUT2D eigenvalue weighted by Crippen LogP contribution is 2.35. The fourth-order valence-corrected chi connectivity index (χ4v) is 13.9. The van der Waals surface area contributed by atoms with Gasteiger partial charge in [-0.1, -0.05) is 132 Å². The molecule has 1 aliphatic heterocycles. The van der Waals surface area contributed by atoms with Gasteiger partial charge in [-0.2, -0.15) is 11.8 Å². The van der Waals surface area contributed by atoms with Gasteiger partial charge in [-0.05, 0) is 197 Å². The number of nitrogens with zero attached hydrogens (tertiary/aromatic N) is 7. The molecule has 45 heteroatoms. The quantitative estimate of drug-likeness (QED) is 0.00554. The number of likely N-dealkylation sites (tertiary alicyclic amines) is 1. The SMILES string of the molecule is CC(=O)Oc1ccc(SOON)cc1N(CC(=O)O)CC(=O)Nc1ccccc1.CC(C)NC(=O)CN(CC(=O)O)c1ccccc1.Cc1ccc(N(CC(=O)O)CC(=O)Nc2ccccc2)cc1Cl.NOOSc1ccc(N(CC(=O)O)CC(=O)Nc2ccccc2)cc1.O=C(O)CN(CC(=O)N1CCCCC1)c1ccccc1.O=C(O)CN(CC(=O)Nc1ccccc1)c1ccc(SOOO)cc1. The van der Waals surface area contributed by atoms with E-state index >= 15 is 0 Å². The normalized spacial score (nSPS) is 10.9. The minimum atomic E-state index is -1.18. The summed E-state index contributed by atoms with van der Waals surface area (Å²) in [6.45, 7) is 6.11. The Balaban J connectivity index is 0.000000259. The lowest BCUT2D eigenvalue weighted by Crippen LogP contribution is -2.44. The van der Waals surface area contributed by atoms with Crippen molar-refractivity contribution in [2.75, 3.05) is 142 Å². The van der Waals surface area contributed by atoms with E-state index in [1.807, 2.05) is 105 Å². The molecule has 41 nitrogen and oxygen atoms in total. The number of piperidine rings is 1. The number of anilines is 10. The van der Waals surface area contributed by atoms with Crippen LogP contribution in [0.1, 0.15) is 45.6 Å². The zero-order valence-electron chi connectivity index (χ0n) is 76.2. The first-order valence-electron chi connectivity index (χ1n) is 42.4. The molecule has 1 heterocycles. The average molecular weight is 2010 g/mol. The third kappa shape index (κ3) is 46.3. The molecule has 0 radical (unpaired) electrons. The molecule has 0 atom stereocenters. The van der Waals surface area contributed by atoms with Gasteiger partial charge in [0.15, 0.2) is 5.75 Å². The van der Waals surface area contributed by atoms with E-state index in [9.17, 15) is 67.4 Å². The third-order valence-electron chi connectivity index (χ3n) is 18.5.